The van der Waals surface area contributed by atoms with Crippen LogP contribution in [0.15, 0.2) is 66.0 Å². The Morgan fingerprint density at radius 1 is 1.04 bits per heavy atom. The number of nitrogens with one attached hydrogen (secondary N) is 1. The number of nitrogens with zero attached hydrogens (tertiary/aromatic N) is 2. The molecule has 3 rings (SSSR count). The zero-order chi connectivity index (χ0) is 18.4. The molecule has 0 unspecified atom stereocenters. The molecule has 0 spiro atoms. The maximum atomic E-state index is 12.7. The van der Waals surface area contributed by atoms with Gasteiger partial charge in [-0.3, -0.25) is 4.79 Å². The highest BCUT2D eigenvalue weighted by Crippen LogP contribution is 2.23. The smallest absolute Gasteiger partial charge is 0.255 e. The van der Waals surface area contributed by atoms with E-state index in [4.69, 9.17) is 0 Å². The van der Waals surface area contributed by atoms with Crippen molar-refractivity contribution in [3.8, 4) is 11.3 Å². The third-order valence-electron chi connectivity index (χ3n) is 4.13. The van der Waals surface area contributed by atoms with Gasteiger partial charge in [-0.15, -0.1) is 0 Å². The van der Waals surface area contributed by atoms with Crippen LogP contribution in [-0.4, -0.2) is 22.1 Å². The van der Waals surface area contributed by atoms with Crippen molar-refractivity contribution in [2.75, 3.05) is 6.26 Å². The molecule has 5 heteroatoms. The predicted octanol–water partition coefficient (Wildman–Crippen LogP) is 4.36. The van der Waals surface area contributed by atoms with Gasteiger partial charge in [0.25, 0.3) is 5.91 Å². The fraction of sp³-hybridized carbons (Fsp3) is 0.190. The molecule has 1 N–H and O–H groups in total. The van der Waals surface area contributed by atoms with Gasteiger partial charge in [0.2, 0.25) is 0 Å². The van der Waals surface area contributed by atoms with Gasteiger partial charge in [-0.1, -0.05) is 73.3 Å². The fourth-order valence-electron chi connectivity index (χ4n) is 2.62. The summed E-state index contributed by atoms with van der Waals surface area (Å²) in [5, 5.41) is 3.62. The monoisotopic (exact) mass is 363 g/mol. The average Bonchev–Trinajstić information content (AvgIpc) is 2.72. The average molecular weight is 363 g/mol. The van der Waals surface area contributed by atoms with E-state index in [2.05, 4.69) is 34.3 Å². The first-order valence-electron chi connectivity index (χ1n) is 8.53. The summed E-state index contributed by atoms with van der Waals surface area (Å²) in [6, 6.07) is 18.0. The lowest BCUT2D eigenvalue weighted by Gasteiger charge is -2.11. The Morgan fingerprint density at radius 3 is 2.38 bits per heavy atom. The summed E-state index contributed by atoms with van der Waals surface area (Å²) in [5.41, 5.74) is 4.40. The molecule has 4 nitrogen and oxygen atoms in total. The van der Waals surface area contributed by atoms with Crippen molar-refractivity contribution in [2.24, 2.45) is 0 Å². The summed E-state index contributed by atoms with van der Waals surface area (Å²) in [7, 11) is 0. The number of rotatable bonds is 6. The van der Waals surface area contributed by atoms with Crippen molar-refractivity contribution >= 4 is 17.7 Å². The van der Waals surface area contributed by atoms with Gasteiger partial charge in [0, 0.05) is 18.3 Å². The predicted molar refractivity (Wildman–Crippen MR) is 106 cm³/mol. The maximum absolute atomic E-state index is 12.7. The summed E-state index contributed by atoms with van der Waals surface area (Å²) < 4.78 is 0. The van der Waals surface area contributed by atoms with Crippen LogP contribution in [0, 0.1) is 0 Å². The first-order valence-corrected chi connectivity index (χ1v) is 9.76. The van der Waals surface area contributed by atoms with E-state index in [1.54, 1.807) is 6.20 Å². The van der Waals surface area contributed by atoms with Crippen LogP contribution in [0.25, 0.3) is 11.3 Å². The van der Waals surface area contributed by atoms with E-state index in [1.807, 2.05) is 48.7 Å². The van der Waals surface area contributed by atoms with Crippen molar-refractivity contribution < 1.29 is 4.79 Å². The second-order valence-electron chi connectivity index (χ2n) is 5.84. The zero-order valence-corrected chi connectivity index (χ0v) is 15.7. The second-order valence-corrected chi connectivity index (χ2v) is 6.61. The van der Waals surface area contributed by atoms with Gasteiger partial charge in [0.05, 0.1) is 11.3 Å². The molecule has 26 heavy (non-hydrogen) atoms. The SMILES string of the molecule is CCc1ccc(CNC(=O)c2cnc(SC)nc2-c2ccccc2)cc1. The van der Waals surface area contributed by atoms with Crippen molar-refractivity contribution in [2.45, 2.75) is 25.0 Å². The minimum Gasteiger partial charge on any atom is -0.348 e. The number of amides is 1. The van der Waals surface area contributed by atoms with Crippen LogP contribution < -0.4 is 5.32 Å². The summed E-state index contributed by atoms with van der Waals surface area (Å²) in [5.74, 6) is -0.170. The molecule has 0 aliphatic rings. The maximum Gasteiger partial charge on any atom is 0.255 e. The molecule has 3 aromatic rings. The molecule has 1 heterocycles. The molecular weight excluding hydrogens is 342 g/mol. The quantitative estimate of drug-likeness (QED) is 0.522. The summed E-state index contributed by atoms with van der Waals surface area (Å²) >= 11 is 1.46. The molecule has 132 valence electrons. The molecule has 1 aromatic heterocycles. The summed E-state index contributed by atoms with van der Waals surface area (Å²) in [6.07, 6.45) is 4.53. The highest BCUT2D eigenvalue weighted by Gasteiger charge is 2.16. The lowest BCUT2D eigenvalue weighted by atomic mass is 10.1. The van der Waals surface area contributed by atoms with E-state index < -0.39 is 0 Å². The summed E-state index contributed by atoms with van der Waals surface area (Å²) in [6.45, 7) is 2.60. The Morgan fingerprint density at radius 2 is 1.73 bits per heavy atom. The Kier molecular flexibility index (Phi) is 6.02. The highest BCUT2D eigenvalue weighted by atomic mass is 32.2. The number of aromatic nitrogens is 2. The Balaban J connectivity index is 1.82. The Labute approximate surface area is 158 Å². The number of thioether (sulfide) groups is 1. The first-order chi connectivity index (χ1) is 12.7. The minimum atomic E-state index is -0.170. The summed E-state index contributed by atoms with van der Waals surface area (Å²) in [4.78, 5) is 21.6. The molecule has 0 bridgehead atoms. The van der Waals surface area contributed by atoms with Gasteiger partial charge in [-0.25, -0.2) is 9.97 Å². The van der Waals surface area contributed by atoms with Crippen LogP contribution in [0.1, 0.15) is 28.4 Å². The van der Waals surface area contributed by atoms with Crippen LogP contribution in [0.5, 0.6) is 0 Å². The van der Waals surface area contributed by atoms with Gasteiger partial charge in [-0.05, 0) is 23.8 Å². The number of benzene rings is 2. The molecule has 0 fully saturated rings. The van der Waals surface area contributed by atoms with E-state index in [9.17, 15) is 4.79 Å². The van der Waals surface area contributed by atoms with Gasteiger partial charge < -0.3 is 5.32 Å². The van der Waals surface area contributed by atoms with E-state index in [0.29, 0.717) is 23.0 Å². The zero-order valence-electron chi connectivity index (χ0n) is 14.9. The molecule has 0 radical (unpaired) electrons. The molecule has 0 saturated carbocycles. The molecule has 0 atom stereocenters. The van der Waals surface area contributed by atoms with Gasteiger partial charge in [-0.2, -0.15) is 0 Å². The standard InChI is InChI=1S/C21H21N3OS/c1-3-15-9-11-16(12-10-15)13-22-20(25)18-14-23-21(26-2)24-19(18)17-7-5-4-6-8-17/h4-12,14H,3,13H2,1-2H3,(H,22,25). The Bertz CT molecular complexity index is 880. The molecule has 2 aromatic carbocycles. The normalized spacial score (nSPS) is 10.5. The van der Waals surface area contributed by atoms with Gasteiger partial charge in [0.1, 0.15) is 0 Å². The number of aryl methyl sites for hydroxylation is 1. The van der Waals surface area contributed by atoms with E-state index >= 15 is 0 Å². The number of hydrogen-bond acceptors (Lipinski definition) is 4. The molecule has 0 aliphatic carbocycles. The molecule has 0 aliphatic heterocycles. The van der Waals surface area contributed by atoms with Crippen molar-refractivity contribution in [3.05, 3.63) is 77.5 Å². The van der Waals surface area contributed by atoms with E-state index in [0.717, 1.165) is 17.5 Å². The van der Waals surface area contributed by atoms with Crippen LogP contribution in [-0.2, 0) is 13.0 Å². The second kappa shape index (κ2) is 8.63. The van der Waals surface area contributed by atoms with Crippen molar-refractivity contribution in [1.29, 1.82) is 0 Å². The molecular formula is C21H21N3OS. The fourth-order valence-corrected chi connectivity index (χ4v) is 2.96. The largest absolute Gasteiger partial charge is 0.348 e. The highest BCUT2D eigenvalue weighted by molar-refractivity contribution is 7.98. The first kappa shape index (κ1) is 18.1. The number of carbonyl (C=O) groups excluding carboxylic acids is 1. The Hall–Kier alpha value is -2.66. The minimum absolute atomic E-state index is 0.170. The lowest BCUT2D eigenvalue weighted by molar-refractivity contribution is 0.0950. The van der Waals surface area contributed by atoms with Crippen LogP contribution in [0.3, 0.4) is 0 Å². The molecule has 0 saturated heterocycles. The lowest BCUT2D eigenvalue weighted by Crippen LogP contribution is -2.24. The van der Waals surface area contributed by atoms with Crippen LogP contribution in [0.4, 0.5) is 0 Å². The number of hydrogen-bond donors (Lipinski definition) is 1. The van der Waals surface area contributed by atoms with Crippen molar-refractivity contribution in [1.82, 2.24) is 15.3 Å². The van der Waals surface area contributed by atoms with E-state index in [-0.39, 0.29) is 5.91 Å². The van der Waals surface area contributed by atoms with E-state index in [1.165, 1.54) is 17.3 Å². The topological polar surface area (TPSA) is 54.9 Å². The van der Waals surface area contributed by atoms with Gasteiger partial charge in [0.15, 0.2) is 5.16 Å². The number of carbonyl (C=O) groups is 1. The van der Waals surface area contributed by atoms with Crippen LogP contribution >= 0.6 is 11.8 Å². The molecule has 1 amide bonds. The van der Waals surface area contributed by atoms with Crippen molar-refractivity contribution in [3.63, 3.8) is 0 Å². The third kappa shape index (κ3) is 4.29. The van der Waals surface area contributed by atoms with Crippen LogP contribution in [0.2, 0.25) is 0 Å². The third-order valence-corrected chi connectivity index (χ3v) is 4.69. The van der Waals surface area contributed by atoms with Gasteiger partial charge >= 0.3 is 0 Å².